The molecule has 132 valence electrons. The van der Waals surface area contributed by atoms with E-state index in [1.165, 1.54) is 7.11 Å². The summed E-state index contributed by atoms with van der Waals surface area (Å²) < 4.78 is 16.7. The molecule has 0 aliphatic heterocycles. The summed E-state index contributed by atoms with van der Waals surface area (Å²) in [7, 11) is 3.16. The first-order chi connectivity index (χ1) is 12.0. The van der Waals surface area contributed by atoms with Crippen molar-refractivity contribution in [1.29, 1.82) is 0 Å². The standard InChI is InChI=1S/C17H18N2O6/c1-19-9-5-6-12(19)17(22)18-15(20)10-25-16(21)11-24-14-8-4-3-7-13(14)23-2/h3-9H,10-11H2,1-2H3,(H,18,20,22). The monoisotopic (exact) mass is 346 g/mol. The molecule has 0 aliphatic rings. The van der Waals surface area contributed by atoms with Gasteiger partial charge in [0.15, 0.2) is 24.7 Å². The number of rotatable bonds is 7. The van der Waals surface area contributed by atoms with Gasteiger partial charge in [-0.1, -0.05) is 12.1 Å². The van der Waals surface area contributed by atoms with E-state index >= 15 is 0 Å². The molecule has 25 heavy (non-hydrogen) atoms. The number of carbonyl (C=O) groups excluding carboxylic acids is 3. The molecule has 0 atom stereocenters. The zero-order valence-electron chi connectivity index (χ0n) is 13.9. The van der Waals surface area contributed by atoms with Gasteiger partial charge in [-0.2, -0.15) is 0 Å². The van der Waals surface area contributed by atoms with Crippen LogP contribution in [0.1, 0.15) is 10.5 Å². The third-order valence-electron chi connectivity index (χ3n) is 3.21. The van der Waals surface area contributed by atoms with E-state index in [0.29, 0.717) is 17.2 Å². The molecule has 0 spiro atoms. The van der Waals surface area contributed by atoms with Crippen LogP contribution in [0.3, 0.4) is 0 Å². The van der Waals surface area contributed by atoms with Crippen molar-refractivity contribution in [1.82, 2.24) is 9.88 Å². The van der Waals surface area contributed by atoms with Crippen LogP contribution in [-0.2, 0) is 21.4 Å². The first-order valence-corrected chi connectivity index (χ1v) is 7.38. The number of aryl methyl sites for hydroxylation is 1. The zero-order valence-corrected chi connectivity index (χ0v) is 13.9. The number of benzene rings is 1. The topological polar surface area (TPSA) is 95.9 Å². The number of ether oxygens (including phenoxy) is 3. The van der Waals surface area contributed by atoms with Gasteiger partial charge >= 0.3 is 5.97 Å². The smallest absolute Gasteiger partial charge is 0.344 e. The van der Waals surface area contributed by atoms with Gasteiger partial charge in [0.25, 0.3) is 11.8 Å². The van der Waals surface area contributed by atoms with Crippen LogP contribution in [0.25, 0.3) is 0 Å². The number of imide groups is 1. The van der Waals surface area contributed by atoms with E-state index in [4.69, 9.17) is 14.2 Å². The van der Waals surface area contributed by atoms with E-state index in [1.54, 1.807) is 54.2 Å². The lowest BCUT2D eigenvalue weighted by Gasteiger charge is -2.10. The lowest BCUT2D eigenvalue weighted by atomic mass is 10.3. The number of nitrogens with one attached hydrogen (secondary N) is 1. The number of amides is 2. The first-order valence-electron chi connectivity index (χ1n) is 7.38. The second-order valence-electron chi connectivity index (χ2n) is 4.98. The molecule has 1 aromatic heterocycles. The van der Waals surface area contributed by atoms with Crippen molar-refractivity contribution in [2.24, 2.45) is 7.05 Å². The Balaban J connectivity index is 1.75. The average molecular weight is 346 g/mol. The molecule has 8 heteroatoms. The molecule has 2 amide bonds. The normalized spacial score (nSPS) is 10.0. The van der Waals surface area contributed by atoms with E-state index in [1.807, 2.05) is 0 Å². The Morgan fingerprint density at radius 1 is 1.04 bits per heavy atom. The molecular weight excluding hydrogens is 328 g/mol. The minimum absolute atomic E-state index is 0.319. The van der Waals surface area contributed by atoms with Crippen molar-refractivity contribution in [3.05, 3.63) is 48.3 Å². The van der Waals surface area contributed by atoms with Gasteiger partial charge in [-0.15, -0.1) is 0 Å². The lowest BCUT2D eigenvalue weighted by molar-refractivity contribution is -0.150. The van der Waals surface area contributed by atoms with Crippen LogP contribution in [0.2, 0.25) is 0 Å². The first kappa shape index (κ1) is 18.1. The minimum atomic E-state index is -0.743. The maximum atomic E-state index is 11.8. The fourth-order valence-electron chi connectivity index (χ4n) is 1.99. The Kier molecular flexibility index (Phi) is 6.16. The van der Waals surface area contributed by atoms with E-state index in [0.717, 1.165) is 0 Å². The lowest BCUT2D eigenvalue weighted by Crippen LogP contribution is -2.35. The molecule has 0 saturated heterocycles. The summed E-state index contributed by atoms with van der Waals surface area (Å²) in [5, 5.41) is 2.13. The van der Waals surface area contributed by atoms with Crippen LogP contribution in [0.15, 0.2) is 42.6 Å². The van der Waals surface area contributed by atoms with Gasteiger partial charge in [0, 0.05) is 13.2 Å². The predicted molar refractivity (Wildman–Crippen MR) is 87.3 cm³/mol. The second kappa shape index (κ2) is 8.53. The van der Waals surface area contributed by atoms with Crippen molar-refractivity contribution in [3.8, 4) is 11.5 Å². The summed E-state index contributed by atoms with van der Waals surface area (Å²) in [6.07, 6.45) is 1.68. The Bertz CT molecular complexity index is 768. The highest BCUT2D eigenvalue weighted by molar-refractivity contribution is 6.04. The van der Waals surface area contributed by atoms with Gasteiger partial charge in [-0.05, 0) is 24.3 Å². The van der Waals surface area contributed by atoms with E-state index in [-0.39, 0.29) is 6.61 Å². The quantitative estimate of drug-likeness (QED) is 0.749. The van der Waals surface area contributed by atoms with Gasteiger partial charge in [-0.25, -0.2) is 4.79 Å². The van der Waals surface area contributed by atoms with E-state index in [9.17, 15) is 14.4 Å². The Morgan fingerprint density at radius 2 is 1.76 bits per heavy atom. The van der Waals surface area contributed by atoms with Gasteiger partial charge < -0.3 is 18.8 Å². The maximum Gasteiger partial charge on any atom is 0.344 e. The van der Waals surface area contributed by atoms with E-state index < -0.39 is 24.4 Å². The second-order valence-corrected chi connectivity index (χ2v) is 4.98. The summed E-state index contributed by atoms with van der Waals surface area (Å²) in [5.41, 5.74) is 0.319. The Hall–Kier alpha value is -3.29. The zero-order chi connectivity index (χ0) is 18.2. The highest BCUT2D eigenvalue weighted by Crippen LogP contribution is 2.25. The van der Waals surface area contributed by atoms with Gasteiger partial charge in [-0.3, -0.25) is 14.9 Å². The fourth-order valence-corrected chi connectivity index (χ4v) is 1.99. The predicted octanol–water partition coefficient (Wildman–Crippen LogP) is 0.912. The summed E-state index contributed by atoms with van der Waals surface area (Å²) >= 11 is 0. The molecule has 0 radical (unpaired) electrons. The molecule has 1 aromatic carbocycles. The summed E-state index contributed by atoms with van der Waals surface area (Å²) in [4.78, 5) is 35.1. The van der Waals surface area contributed by atoms with Crippen molar-refractivity contribution in [3.63, 3.8) is 0 Å². The van der Waals surface area contributed by atoms with Crippen LogP contribution in [0.4, 0.5) is 0 Å². The van der Waals surface area contributed by atoms with Crippen LogP contribution < -0.4 is 14.8 Å². The third kappa shape index (κ3) is 5.10. The van der Waals surface area contributed by atoms with Crippen molar-refractivity contribution >= 4 is 17.8 Å². The SMILES string of the molecule is COc1ccccc1OCC(=O)OCC(=O)NC(=O)c1cccn1C. The van der Waals surface area contributed by atoms with Crippen LogP contribution in [0.5, 0.6) is 11.5 Å². The number of aromatic nitrogens is 1. The fraction of sp³-hybridized carbons (Fsp3) is 0.235. The molecule has 0 bridgehead atoms. The number of methoxy groups -OCH3 is 1. The number of carbonyl (C=O) groups is 3. The van der Waals surface area contributed by atoms with Crippen molar-refractivity contribution in [2.75, 3.05) is 20.3 Å². The molecular formula is C17H18N2O6. The molecule has 1 N–H and O–H groups in total. The number of para-hydroxylation sites is 2. The number of esters is 1. The number of hydrogen-bond donors (Lipinski definition) is 1. The summed E-state index contributed by atoms with van der Waals surface area (Å²) in [6.45, 7) is -0.969. The highest BCUT2D eigenvalue weighted by atomic mass is 16.6. The molecule has 0 fully saturated rings. The maximum absolute atomic E-state index is 11.8. The number of nitrogens with zero attached hydrogens (tertiary/aromatic N) is 1. The summed E-state index contributed by atoms with van der Waals surface area (Å²) in [6, 6.07) is 10.1. The van der Waals surface area contributed by atoms with Crippen LogP contribution >= 0.6 is 0 Å². The van der Waals surface area contributed by atoms with Gasteiger partial charge in [0.2, 0.25) is 0 Å². The average Bonchev–Trinajstić information content (AvgIpc) is 3.04. The van der Waals surface area contributed by atoms with E-state index in [2.05, 4.69) is 5.32 Å². The molecule has 0 unspecified atom stereocenters. The largest absolute Gasteiger partial charge is 0.493 e. The van der Waals surface area contributed by atoms with Gasteiger partial charge in [0.1, 0.15) is 5.69 Å². The van der Waals surface area contributed by atoms with Crippen LogP contribution in [-0.4, -0.2) is 42.7 Å². The Labute approximate surface area is 144 Å². The van der Waals surface area contributed by atoms with Crippen molar-refractivity contribution in [2.45, 2.75) is 0 Å². The molecule has 1 heterocycles. The molecule has 2 aromatic rings. The van der Waals surface area contributed by atoms with Crippen molar-refractivity contribution < 1.29 is 28.6 Å². The Morgan fingerprint density at radius 3 is 2.40 bits per heavy atom. The molecule has 0 aliphatic carbocycles. The van der Waals surface area contributed by atoms with Crippen LogP contribution in [0, 0.1) is 0 Å². The molecule has 0 saturated carbocycles. The molecule has 2 rings (SSSR count). The van der Waals surface area contributed by atoms with Gasteiger partial charge in [0.05, 0.1) is 7.11 Å². The third-order valence-corrected chi connectivity index (χ3v) is 3.21. The highest BCUT2D eigenvalue weighted by Gasteiger charge is 2.15. The summed E-state index contributed by atoms with van der Waals surface area (Å²) in [5.74, 6) is -1.19. The minimum Gasteiger partial charge on any atom is -0.493 e. The molecule has 8 nitrogen and oxygen atoms in total. The number of hydrogen-bond acceptors (Lipinski definition) is 6.